The van der Waals surface area contributed by atoms with Gasteiger partial charge >= 0.3 is 0 Å². The summed E-state index contributed by atoms with van der Waals surface area (Å²) in [6.07, 6.45) is 2.88. The third-order valence-electron chi connectivity index (χ3n) is 4.32. The largest absolute Gasteiger partial charge is 0.494 e. The van der Waals surface area contributed by atoms with E-state index in [0.29, 0.717) is 31.0 Å². The summed E-state index contributed by atoms with van der Waals surface area (Å²) in [5, 5.41) is 8.73. The minimum Gasteiger partial charge on any atom is -0.494 e. The molecule has 0 heterocycles. The van der Waals surface area contributed by atoms with Crippen LogP contribution >= 0.6 is 0 Å². The van der Waals surface area contributed by atoms with Gasteiger partial charge in [-0.15, -0.1) is 0 Å². The van der Waals surface area contributed by atoms with Crippen molar-refractivity contribution in [3.8, 4) is 5.75 Å². The molecule has 7 nitrogen and oxygen atoms in total. The second-order valence-electron chi connectivity index (χ2n) is 6.81. The normalized spacial score (nSPS) is 10.3. The third kappa shape index (κ3) is 8.53. The second kappa shape index (κ2) is 13.2. The van der Waals surface area contributed by atoms with Gasteiger partial charge in [0.25, 0.3) is 5.91 Å². The van der Waals surface area contributed by atoms with Crippen LogP contribution in [0.25, 0.3) is 0 Å². The molecule has 0 aliphatic heterocycles. The zero-order valence-corrected chi connectivity index (χ0v) is 17.7. The van der Waals surface area contributed by atoms with Crippen LogP contribution in [0.5, 0.6) is 5.75 Å². The average molecular weight is 414 g/mol. The van der Waals surface area contributed by atoms with Crippen LogP contribution in [0.1, 0.15) is 36.5 Å². The summed E-state index contributed by atoms with van der Waals surface area (Å²) in [6, 6.07) is 14.3. The van der Waals surface area contributed by atoms with Crippen molar-refractivity contribution in [1.82, 2.24) is 5.32 Å². The molecule has 2 aromatic carbocycles. The molecule has 0 aromatic heterocycles. The highest BCUT2D eigenvalue weighted by Crippen LogP contribution is 2.16. The van der Waals surface area contributed by atoms with Crippen LogP contribution in [0.2, 0.25) is 0 Å². The predicted molar refractivity (Wildman–Crippen MR) is 119 cm³/mol. The lowest BCUT2D eigenvalue weighted by Gasteiger charge is -2.10. The van der Waals surface area contributed by atoms with Crippen LogP contribution in [0.3, 0.4) is 0 Å². The molecular weight excluding hydrogens is 382 g/mol. The van der Waals surface area contributed by atoms with E-state index in [0.717, 1.165) is 30.7 Å². The summed E-state index contributed by atoms with van der Waals surface area (Å²) in [5.41, 5.74) is 2.05. The van der Waals surface area contributed by atoms with E-state index < -0.39 is 0 Å². The molecule has 0 atom stereocenters. The number of methoxy groups -OCH3 is 1. The van der Waals surface area contributed by atoms with Crippen molar-refractivity contribution >= 4 is 23.2 Å². The maximum absolute atomic E-state index is 12.1. The highest BCUT2D eigenvalue weighted by molar-refractivity contribution is 5.95. The molecular formula is C23H31N3O4. The van der Waals surface area contributed by atoms with E-state index in [1.165, 1.54) is 0 Å². The number of unbranched alkanes of at least 4 members (excludes halogenated alkanes) is 1. The topological polar surface area (TPSA) is 88.7 Å². The van der Waals surface area contributed by atoms with Gasteiger partial charge in [-0.1, -0.05) is 13.3 Å². The van der Waals surface area contributed by atoms with Gasteiger partial charge in [0.05, 0.1) is 13.2 Å². The molecule has 2 aromatic rings. The molecule has 0 unspecified atom stereocenters. The van der Waals surface area contributed by atoms with Crippen molar-refractivity contribution in [3.63, 3.8) is 0 Å². The smallest absolute Gasteiger partial charge is 0.251 e. The number of ether oxygens (including phenoxy) is 2. The highest BCUT2D eigenvalue weighted by Gasteiger charge is 2.06. The maximum Gasteiger partial charge on any atom is 0.251 e. The summed E-state index contributed by atoms with van der Waals surface area (Å²) < 4.78 is 10.6. The van der Waals surface area contributed by atoms with E-state index in [1.54, 1.807) is 31.4 Å². The van der Waals surface area contributed by atoms with Crippen molar-refractivity contribution in [2.24, 2.45) is 0 Å². The Morgan fingerprint density at radius 3 is 2.27 bits per heavy atom. The fourth-order valence-corrected chi connectivity index (χ4v) is 2.62. The van der Waals surface area contributed by atoms with E-state index in [4.69, 9.17) is 9.47 Å². The summed E-state index contributed by atoms with van der Waals surface area (Å²) >= 11 is 0. The molecule has 0 aliphatic rings. The summed E-state index contributed by atoms with van der Waals surface area (Å²) in [6.45, 7) is 4.12. The quantitative estimate of drug-likeness (QED) is 0.436. The summed E-state index contributed by atoms with van der Waals surface area (Å²) in [4.78, 5) is 24.2. The minimum atomic E-state index is -0.158. The number of carbonyl (C=O) groups excluding carboxylic acids is 2. The molecule has 2 amide bonds. The zero-order chi connectivity index (χ0) is 21.6. The van der Waals surface area contributed by atoms with E-state index in [1.807, 2.05) is 24.3 Å². The summed E-state index contributed by atoms with van der Waals surface area (Å²) in [7, 11) is 1.63. The molecule has 0 bridgehead atoms. The van der Waals surface area contributed by atoms with Crippen molar-refractivity contribution in [3.05, 3.63) is 54.1 Å². The standard InChI is InChI=1S/C23H31N3O4/c1-3-4-16-30-21-12-10-20(11-13-21)26-22(27)17-25-19-8-6-18(7-9-19)23(28)24-14-5-15-29-2/h6-13,25H,3-5,14-17H2,1-2H3,(H,24,28)(H,26,27). The first-order chi connectivity index (χ1) is 14.6. The van der Waals surface area contributed by atoms with Crippen molar-refractivity contribution < 1.29 is 19.1 Å². The molecule has 0 saturated carbocycles. The van der Waals surface area contributed by atoms with E-state index >= 15 is 0 Å². The highest BCUT2D eigenvalue weighted by atomic mass is 16.5. The minimum absolute atomic E-state index is 0.122. The third-order valence-corrected chi connectivity index (χ3v) is 4.32. The van der Waals surface area contributed by atoms with Gasteiger partial charge in [-0.05, 0) is 61.4 Å². The number of amides is 2. The molecule has 0 radical (unpaired) electrons. The number of benzene rings is 2. The maximum atomic E-state index is 12.1. The van der Waals surface area contributed by atoms with Crippen LogP contribution in [0, 0.1) is 0 Å². The van der Waals surface area contributed by atoms with Crippen LogP contribution in [-0.4, -0.2) is 45.2 Å². The first kappa shape index (κ1) is 23.2. The fourth-order valence-electron chi connectivity index (χ4n) is 2.62. The van der Waals surface area contributed by atoms with Gasteiger partial charge in [0, 0.05) is 37.2 Å². The van der Waals surface area contributed by atoms with Crippen molar-refractivity contribution in [2.75, 3.05) is 44.0 Å². The number of anilines is 2. The van der Waals surface area contributed by atoms with Gasteiger partial charge in [-0.3, -0.25) is 9.59 Å². The Labute approximate surface area is 178 Å². The number of nitrogens with one attached hydrogen (secondary N) is 3. The Morgan fingerprint density at radius 1 is 0.900 bits per heavy atom. The van der Waals surface area contributed by atoms with Gasteiger partial charge < -0.3 is 25.4 Å². The Hall–Kier alpha value is -3.06. The molecule has 0 fully saturated rings. The van der Waals surface area contributed by atoms with Crippen LogP contribution in [0.15, 0.2) is 48.5 Å². The molecule has 30 heavy (non-hydrogen) atoms. The molecule has 0 aliphatic carbocycles. The van der Waals surface area contributed by atoms with Crippen LogP contribution < -0.4 is 20.7 Å². The predicted octanol–water partition coefficient (Wildman–Crippen LogP) is 3.68. The molecule has 7 heteroatoms. The molecule has 162 valence electrons. The SMILES string of the molecule is CCCCOc1ccc(NC(=O)CNc2ccc(C(=O)NCCCOC)cc2)cc1. The second-order valence-corrected chi connectivity index (χ2v) is 6.81. The monoisotopic (exact) mass is 413 g/mol. The Bertz CT molecular complexity index is 776. The Balaban J connectivity index is 1.73. The van der Waals surface area contributed by atoms with E-state index in [-0.39, 0.29) is 18.4 Å². The van der Waals surface area contributed by atoms with Crippen molar-refractivity contribution in [2.45, 2.75) is 26.2 Å². The van der Waals surface area contributed by atoms with Gasteiger partial charge in [0.1, 0.15) is 5.75 Å². The van der Waals surface area contributed by atoms with Crippen LogP contribution in [-0.2, 0) is 9.53 Å². The zero-order valence-electron chi connectivity index (χ0n) is 17.7. The Kier molecular flexibility index (Phi) is 10.2. The Morgan fingerprint density at radius 2 is 1.60 bits per heavy atom. The number of hydrogen-bond acceptors (Lipinski definition) is 5. The average Bonchev–Trinajstić information content (AvgIpc) is 2.77. The lowest BCUT2D eigenvalue weighted by atomic mass is 10.2. The van der Waals surface area contributed by atoms with Gasteiger partial charge in [-0.2, -0.15) is 0 Å². The fraction of sp³-hybridized carbons (Fsp3) is 0.391. The van der Waals surface area contributed by atoms with Gasteiger partial charge in [0.2, 0.25) is 5.91 Å². The van der Waals surface area contributed by atoms with Gasteiger partial charge in [-0.25, -0.2) is 0 Å². The first-order valence-corrected chi connectivity index (χ1v) is 10.3. The molecule has 0 spiro atoms. The lowest BCUT2D eigenvalue weighted by molar-refractivity contribution is -0.114. The van der Waals surface area contributed by atoms with Gasteiger partial charge in [0.15, 0.2) is 0 Å². The molecule has 0 saturated heterocycles. The summed E-state index contributed by atoms with van der Waals surface area (Å²) in [5.74, 6) is 0.509. The number of hydrogen-bond donors (Lipinski definition) is 3. The van der Waals surface area contributed by atoms with Crippen molar-refractivity contribution in [1.29, 1.82) is 0 Å². The van der Waals surface area contributed by atoms with E-state index in [9.17, 15) is 9.59 Å². The number of carbonyl (C=O) groups is 2. The molecule has 2 rings (SSSR count). The number of rotatable bonds is 13. The van der Waals surface area contributed by atoms with Crippen LogP contribution in [0.4, 0.5) is 11.4 Å². The molecule has 3 N–H and O–H groups in total. The van der Waals surface area contributed by atoms with E-state index in [2.05, 4.69) is 22.9 Å². The first-order valence-electron chi connectivity index (χ1n) is 10.3. The lowest BCUT2D eigenvalue weighted by Crippen LogP contribution is -2.25.